The van der Waals surface area contributed by atoms with E-state index < -0.39 is 0 Å². The van der Waals surface area contributed by atoms with Crippen molar-refractivity contribution in [3.05, 3.63) is 59.9 Å². The maximum absolute atomic E-state index is 11.8. The molecule has 0 spiro atoms. The largest absolute Gasteiger partial charge is 0.345 e. The first kappa shape index (κ1) is 16.1. The highest BCUT2D eigenvalue weighted by Gasteiger charge is 2.05. The zero-order valence-electron chi connectivity index (χ0n) is 13.4. The van der Waals surface area contributed by atoms with Crippen LogP contribution < -0.4 is 10.6 Å². The van der Waals surface area contributed by atoms with Crippen LogP contribution in [0.1, 0.15) is 31.5 Å². The molecule has 0 atom stereocenters. The minimum absolute atomic E-state index is 0.104. The van der Waals surface area contributed by atoms with Gasteiger partial charge in [-0.1, -0.05) is 44.2 Å². The van der Waals surface area contributed by atoms with E-state index in [1.807, 2.05) is 36.5 Å². The number of benzene rings is 1. The second-order valence-electron chi connectivity index (χ2n) is 5.91. The van der Waals surface area contributed by atoms with E-state index >= 15 is 0 Å². The summed E-state index contributed by atoms with van der Waals surface area (Å²) in [7, 11) is 0. The van der Waals surface area contributed by atoms with Gasteiger partial charge in [0.15, 0.2) is 0 Å². The smallest absolute Gasteiger partial charge is 0.315 e. The highest BCUT2D eigenvalue weighted by Crippen LogP contribution is 2.07. The van der Waals surface area contributed by atoms with E-state index in [4.69, 9.17) is 0 Å². The number of carbonyl (C=O) groups excluding carboxylic acids is 1. The first-order chi connectivity index (χ1) is 10.6. The second-order valence-corrected chi connectivity index (χ2v) is 5.91. The van der Waals surface area contributed by atoms with Gasteiger partial charge >= 0.3 is 6.03 Å². The van der Waals surface area contributed by atoms with Gasteiger partial charge in [0, 0.05) is 25.0 Å². The van der Waals surface area contributed by atoms with E-state index in [0.29, 0.717) is 19.0 Å². The number of urea groups is 1. The van der Waals surface area contributed by atoms with Crippen molar-refractivity contribution >= 4 is 6.03 Å². The molecule has 0 unspecified atom stereocenters. The van der Waals surface area contributed by atoms with Crippen LogP contribution in [0.2, 0.25) is 0 Å². The van der Waals surface area contributed by atoms with Crippen molar-refractivity contribution in [2.45, 2.75) is 33.4 Å². The average Bonchev–Trinajstić information content (AvgIpc) is 2.93. The second kappa shape index (κ2) is 8.27. The molecule has 118 valence electrons. The summed E-state index contributed by atoms with van der Waals surface area (Å²) in [6, 6.07) is 14.3. The molecule has 4 nitrogen and oxygen atoms in total. The van der Waals surface area contributed by atoms with Gasteiger partial charge in [-0.05, 0) is 30.0 Å². The molecule has 1 aromatic heterocycles. The molecule has 2 amide bonds. The number of hydrogen-bond donors (Lipinski definition) is 2. The fourth-order valence-corrected chi connectivity index (χ4v) is 2.25. The van der Waals surface area contributed by atoms with Crippen LogP contribution in [0.25, 0.3) is 0 Å². The number of nitrogens with one attached hydrogen (secondary N) is 2. The van der Waals surface area contributed by atoms with E-state index in [9.17, 15) is 4.79 Å². The minimum Gasteiger partial charge on any atom is -0.345 e. The number of rotatable bonds is 7. The molecule has 2 aromatic rings. The molecule has 0 aliphatic heterocycles. The molecule has 0 radical (unpaired) electrons. The van der Waals surface area contributed by atoms with Crippen molar-refractivity contribution < 1.29 is 4.79 Å². The summed E-state index contributed by atoms with van der Waals surface area (Å²) in [4.78, 5) is 11.8. The van der Waals surface area contributed by atoms with Crippen LogP contribution in [-0.4, -0.2) is 17.1 Å². The Hall–Kier alpha value is -2.23. The van der Waals surface area contributed by atoms with Crippen LogP contribution in [0.5, 0.6) is 0 Å². The lowest BCUT2D eigenvalue weighted by atomic mass is 10.1. The summed E-state index contributed by atoms with van der Waals surface area (Å²) in [5.41, 5.74) is 2.35. The summed E-state index contributed by atoms with van der Waals surface area (Å²) >= 11 is 0. The molecule has 1 heterocycles. The molecular weight excluding hydrogens is 274 g/mol. The third-order valence-electron chi connectivity index (χ3n) is 3.56. The molecule has 0 aliphatic carbocycles. The van der Waals surface area contributed by atoms with Crippen molar-refractivity contribution in [1.82, 2.24) is 15.2 Å². The van der Waals surface area contributed by atoms with Gasteiger partial charge in [-0.3, -0.25) is 0 Å². The predicted octanol–water partition coefficient (Wildman–Crippen LogP) is 3.38. The molecule has 4 heteroatoms. The normalized spacial score (nSPS) is 10.7. The lowest BCUT2D eigenvalue weighted by Crippen LogP contribution is -2.36. The summed E-state index contributed by atoms with van der Waals surface area (Å²) in [6.45, 7) is 6.37. The Bertz CT molecular complexity index is 575. The monoisotopic (exact) mass is 299 g/mol. The summed E-state index contributed by atoms with van der Waals surface area (Å²) < 4.78 is 2.16. The Morgan fingerprint density at radius 2 is 1.86 bits per heavy atom. The number of carbonyl (C=O) groups is 1. The fraction of sp³-hybridized carbons (Fsp3) is 0.389. The zero-order valence-corrected chi connectivity index (χ0v) is 13.4. The Morgan fingerprint density at radius 3 is 2.59 bits per heavy atom. The highest BCUT2D eigenvalue weighted by atomic mass is 16.2. The first-order valence-electron chi connectivity index (χ1n) is 7.85. The van der Waals surface area contributed by atoms with Crippen molar-refractivity contribution in [2.75, 3.05) is 6.54 Å². The number of hydrogen-bond acceptors (Lipinski definition) is 1. The maximum Gasteiger partial charge on any atom is 0.315 e. The summed E-state index contributed by atoms with van der Waals surface area (Å²) in [6.07, 6.45) is 3.04. The van der Waals surface area contributed by atoms with E-state index in [1.54, 1.807) is 0 Å². The molecule has 0 saturated heterocycles. The lowest BCUT2D eigenvalue weighted by molar-refractivity contribution is 0.239. The number of nitrogens with zero attached hydrogens (tertiary/aromatic N) is 1. The Morgan fingerprint density at radius 1 is 1.09 bits per heavy atom. The van der Waals surface area contributed by atoms with Crippen molar-refractivity contribution in [2.24, 2.45) is 5.92 Å². The fourth-order valence-electron chi connectivity index (χ4n) is 2.25. The first-order valence-corrected chi connectivity index (χ1v) is 7.85. The molecule has 0 saturated carbocycles. The van der Waals surface area contributed by atoms with Crippen molar-refractivity contribution in [3.8, 4) is 0 Å². The molecule has 22 heavy (non-hydrogen) atoms. The number of amides is 2. The van der Waals surface area contributed by atoms with Gasteiger partial charge in [-0.15, -0.1) is 0 Å². The van der Waals surface area contributed by atoms with Gasteiger partial charge in [0.05, 0.1) is 6.54 Å². The minimum atomic E-state index is -0.104. The zero-order chi connectivity index (χ0) is 15.8. The molecule has 0 bridgehead atoms. The van der Waals surface area contributed by atoms with Crippen LogP contribution in [0.4, 0.5) is 4.79 Å². The Labute approximate surface area is 132 Å². The van der Waals surface area contributed by atoms with Gasteiger partial charge < -0.3 is 15.2 Å². The lowest BCUT2D eigenvalue weighted by Gasteiger charge is -2.12. The molecule has 2 rings (SSSR count). The average molecular weight is 299 g/mol. The SMILES string of the molecule is CC(C)CCNC(=O)NCc1cccn1Cc1ccccc1. The van der Waals surface area contributed by atoms with Crippen molar-refractivity contribution in [1.29, 1.82) is 0 Å². The molecule has 0 fully saturated rings. The third-order valence-corrected chi connectivity index (χ3v) is 3.56. The molecule has 1 aromatic carbocycles. The van der Waals surface area contributed by atoms with Crippen LogP contribution in [0.15, 0.2) is 48.7 Å². The molecule has 2 N–H and O–H groups in total. The van der Waals surface area contributed by atoms with Gasteiger partial charge in [0.1, 0.15) is 0 Å². The molecule has 0 aliphatic rings. The van der Waals surface area contributed by atoms with E-state index in [2.05, 4.69) is 41.2 Å². The van der Waals surface area contributed by atoms with Gasteiger partial charge in [0.2, 0.25) is 0 Å². The van der Waals surface area contributed by atoms with Gasteiger partial charge in [0.25, 0.3) is 0 Å². The predicted molar refractivity (Wildman–Crippen MR) is 89.7 cm³/mol. The maximum atomic E-state index is 11.8. The summed E-state index contributed by atoms with van der Waals surface area (Å²) in [5.74, 6) is 0.600. The topological polar surface area (TPSA) is 46.1 Å². The van der Waals surface area contributed by atoms with Gasteiger partial charge in [-0.2, -0.15) is 0 Å². The van der Waals surface area contributed by atoms with Crippen LogP contribution in [-0.2, 0) is 13.1 Å². The Balaban J connectivity index is 1.81. The highest BCUT2D eigenvalue weighted by molar-refractivity contribution is 5.73. The number of aromatic nitrogens is 1. The van der Waals surface area contributed by atoms with E-state index in [0.717, 1.165) is 18.7 Å². The van der Waals surface area contributed by atoms with Gasteiger partial charge in [-0.25, -0.2) is 4.79 Å². The standard InChI is InChI=1S/C18H25N3O/c1-15(2)10-11-19-18(22)20-13-17-9-6-12-21(17)14-16-7-4-3-5-8-16/h3-9,12,15H,10-11,13-14H2,1-2H3,(H2,19,20,22). The Kier molecular flexibility index (Phi) is 6.07. The van der Waals surface area contributed by atoms with Crippen molar-refractivity contribution in [3.63, 3.8) is 0 Å². The van der Waals surface area contributed by atoms with Crippen LogP contribution >= 0.6 is 0 Å². The van der Waals surface area contributed by atoms with Crippen LogP contribution in [0, 0.1) is 5.92 Å². The van der Waals surface area contributed by atoms with Crippen LogP contribution in [0.3, 0.4) is 0 Å². The summed E-state index contributed by atoms with van der Waals surface area (Å²) in [5, 5.41) is 5.80. The third kappa shape index (κ3) is 5.28. The molecular formula is C18H25N3O. The van der Waals surface area contributed by atoms with E-state index in [-0.39, 0.29) is 6.03 Å². The quantitative estimate of drug-likeness (QED) is 0.809. The van der Waals surface area contributed by atoms with E-state index in [1.165, 1.54) is 5.56 Å².